The molecular weight excluding hydrogens is 470 g/mol. The first-order valence-corrected chi connectivity index (χ1v) is 13.1. The summed E-state index contributed by atoms with van der Waals surface area (Å²) >= 11 is 6.24. The molecule has 1 N–H and O–H groups in total. The van der Waals surface area contributed by atoms with Crippen LogP contribution in [0.5, 0.6) is 0 Å². The largest absolute Gasteiger partial charge is 0.335 e. The number of hydrogen-bond donors (Lipinski definition) is 1. The highest BCUT2D eigenvalue weighted by atomic mass is 35.5. The van der Waals surface area contributed by atoms with Crippen LogP contribution < -0.4 is 5.32 Å². The van der Waals surface area contributed by atoms with E-state index in [1.807, 2.05) is 65.0 Å². The standard InChI is InChI=1S/C29H30ClN5O/c1-20-25-19-34(29(36)31-23-9-4-2-5-10-23)27(21-14-16-22(30)17-15-21)26-13-8-18-33(26)28(25)35(32-20)24-11-6-3-7-12-24/h3,6-8,11-18,23,27H,2,4-5,9-10,19H2,1H3,(H,31,36)/t27-/m1/s1. The fourth-order valence-electron chi connectivity index (χ4n) is 5.65. The number of aromatic nitrogens is 3. The zero-order valence-electron chi connectivity index (χ0n) is 20.4. The topological polar surface area (TPSA) is 55.1 Å². The predicted octanol–water partition coefficient (Wildman–Crippen LogP) is 6.57. The number of aryl methyl sites for hydroxylation is 1. The Hall–Kier alpha value is -3.51. The average Bonchev–Trinajstić information content (AvgIpc) is 3.46. The molecule has 0 spiro atoms. The fourth-order valence-corrected chi connectivity index (χ4v) is 5.78. The summed E-state index contributed by atoms with van der Waals surface area (Å²) in [6.45, 7) is 2.49. The van der Waals surface area contributed by atoms with Crippen LogP contribution in [0.25, 0.3) is 11.5 Å². The highest BCUT2D eigenvalue weighted by Crippen LogP contribution is 2.38. The lowest BCUT2D eigenvalue weighted by atomic mass is 9.95. The van der Waals surface area contributed by atoms with Crippen molar-refractivity contribution >= 4 is 17.6 Å². The van der Waals surface area contributed by atoms with E-state index in [1.54, 1.807) is 0 Å². The minimum absolute atomic E-state index is 0.0330. The number of nitrogens with zero attached hydrogens (tertiary/aromatic N) is 4. The van der Waals surface area contributed by atoms with Gasteiger partial charge in [-0.3, -0.25) is 0 Å². The number of benzene rings is 2. The summed E-state index contributed by atoms with van der Waals surface area (Å²) in [5.41, 5.74) is 5.00. The normalized spacial score (nSPS) is 17.8. The average molecular weight is 500 g/mol. The van der Waals surface area contributed by atoms with Crippen molar-refractivity contribution < 1.29 is 4.79 Å². The van der Waals surface area contributed by atoms with Crippen molar-refractivity contribution in [1.29, 1.82) is 0 Å². The molecule has 7 heteroatoms. The molecule has 2 amide bonds. The van der Waals surface area contributed by atoms with Crippen LogP contribution in [0.4, 0.5) is 4.79 Å². The number of urea groups is 1. The van der Waals surface area contributed by atoms with Gasteiger partial charge in [0.05, 0.1) is 29.7 Å². The molecule has 1 saturated carbocycles. The molecule has 2 aromatic carbocycles. The second-order valence-corrected chi connectivity index (χ2v) is 10.2. The third kappa shape index (κ3) is 4.09. The maximum Gasteiger partial charge on any atom is 0.318 e. The number of carbonyl (C=O) groups excluding carboxylic acids is 1. The Balaban J connectivity index is 1.50. The number of para-hydroxylation sites is 1. The van der Waals surface area contributed by atoms with Gasteiger partial charge in [-0.2, -0.15) is 5.10 Å². The fraction of sp³-hybridized carbons (Fsp3) is 0.310. The predicted molar refractivity (Wildman–Crippen MR) is 142 cm³/mol. The summed E-state index contributed by atoms with van der Waals surface area (Å²) in [6.07, 6.45) is 7.73. The van der Waals surface area contributed by atoms with Gasteiger partial charge in [-0.05, 0) is 61.7 Å². The van der Waals surface area contributed by atoms with Crippen molar-refractivity contribution in [2.24, 2.45) is 0 Å². The molecule has 0 bridgehead atoms. The minimum Gasteiger partial charge on any atom is -0.335 e. The Morgan fingerprint density at radius 1 is 0.972 bits per heavy atom. The van der Waals surface area contributed by atoms with Gasteiger partial charge in [0.2, 0.25) is 0 Å². The van der Waals surface area contributed by atoms with Crippen molar-refractivity contribution in [3.05, 3.63) is 100 Å². The van der Waals surface area contributed by atoms with Crippen LogP contribution in [0.3, 0.4) is 0 Å². The highest BCUT2D eigenvalue weighted by molar-refractivity contribution is 6.30. The molecule has 0 saturated heterocycles. The van der Waals surface area contributed by atoms with Crippen LogP contribution in [-0.2, 0) is 6.54 Å². The van der Waals surface area contributed by atoms with Gasteiger partial charge in [-0.1, -0.05) is 61.2 Å². The second kappa shape index (κ2) is 9.51. The number of nitrogens with one attached hydrogen (secondary N) is 1. The van der Waals surface area contributed by atoms with Crippen LogP contribution >= 0.6 is 11.6 Å². The van der Waals surface area contributed by atoms with Crippen LogP contribution in [0.15, 0.2) is 72.9 Å². The van der Waals surface area contributed by atoms with Crippen molar-refractivity contribution in [3.8, 4) is 11.5 Å². The minimum atomic E-state index is -0.267. The van der Waals surface area contributed by atoms with Crippen LogP contribution in [0, 0.1) is 6.92 Å². The molecule has 36 heavy (non-hydrogen) atoms. The highest BCUT2D eigenvalue weighted by Gasteiger charge is 2.36. The van der Waals surface area contributed by atoms with Crippen molar-refractivity contribution in [1.82, 2.24) is 24.6 Å². The Morgan fingerprint density at radius 2 is 1.72 bits per heavy atom. The van der Waals surface area contributed by atoms with Gasteiger partial charge in [0.1, 0.15) is 5.82 Å². The Morgan fingerprint density at radius 3 is 2.47 bits per heavy atom. The third-order valence-electron chi connectivity index (χ3n) is 7.47. The molecule has 6 nitrogen and oxygen atoms in total. The summed E-state index contributed by atoms with van der Waals surface area (Å²) < 4.78 is 4.19. The number of amides is 2. The van der Waals surface area contributed by atoms with E-state index in [2.05, 4.69) is 34.3 Å². The zero-order chi connectivity index (χ0) is 24.6. The van der Waals surface area contributed by atoms with Crippen molar-refractivity contribution in [2.45, 2.75) is 57.7 Å². The first kappa shape index (κ1) is 22.9. The van der Waals surface area contributed by atoms with Gasteiger partial charge in [0, 0.05) is 22.8 Å². The van der Waals surface area contributed by atoms with Gasteiger partial charge in [-0.25, -0.2) is 9.48 Å². The first-order valence-electron chi connectivity index (χ1n) is 12.7. The van der Waals surface area contributed by atoms with Gasteiger partial charge in [0.15, 0.2) is 0 Å². The molecule has 1 aliphatic heterocycles. The lowest BCUT2D eigenvalue weighted by Gasteiger charge is -2.33. The van der Waals surface area contributed by atoms with Gasteiger partial charge in [-0.15, -0.1) is 0 Å². The van der Waals surface area contributed by atoms with Crippen LogP contribution in [0.1, 0.15) is 60.7 Å². The van der Waals surface area contributed by atoms with E-state index in [9.17, 15) is 4.79 Å². The molecule has 1 atom stereocenters. The Kier molecular flexibility index (Phi) is 6.05. The summed E-state index contributed by atoms with van der Waals surface area (Å²) in [5, 5.41) is 8.97. The number of fused-ring (bicyclic) bond motifs is 3. The van der Waals surface area contributed by atoms with E-state index in [0.717, 1.165) is 46.9 Å². The Labute approximate surface area is 216 Å². The molecular formula is C29H30ClN5O. The van der Waals surface area contributed by atoms with E-state index in [-0.39, 0.29) is 18.1 Å². The van der Waals surface area contributed by atoms with Gasteiger partial charge in [0.25, 0.3) is 0 Å². The van der Waals surface area contributed by atoms with Crippen LogP contribution in [-0.4, -0.2) is 31.3 Å². The van der Waals surface area contributed by atoms with E-state index >= 15 is 0 Å². The number of rotatable bonds is 3. The maximum atomic E-state index is 14.0. The quantitative estimate of drug-likeness (QED) is 0.346. The molecule has 2 aliphatic rings. The van der Waals surface area contributed by atoms with E-state index < -0.39 is 0 Å². The molecule has 1 fully saturated rings. The third-order valence-corrected chi connectivity index (χ3v) is 7.72. The molecule has 4 aromatic rings. The van der Waals surface area contributed by atoms with Crippen molar-refractivity contribution in [2.75, 3.05) is 0 Å². The smallest absolute Gasteiger partial charge is 0.318 e. The van der Waals surface area contributed by atoms with Gasteiger partial charge < -0.3 is 14.8 Å². The van der Waals surface area contributed by atoms with E-state index in [4.69, 9.17) is 16.7 Å². The Bertz CT molecular complexity index is 1370. The number of halogens is 1. The number of carbonyl (C=O) groups is 1. The molecule has 0 unspecified atom stereocenters. The van der Waals surface area contributed by atoms with Crippen LogP contribution in [0.2, 0.25) is 5.02 Å². The number of hydrogen-bond acceptors (Lipinski definition) is 2. The van der Waals surface area contributed by atoms with E-state index in [1.165, 1.54) is 19.3 Å². The monoisotopic (exact) mass is 499 g/mol. The van der Waals surface area contributed by atoms with Crippen molar-refractivity contribution in [3.63, 3.8) is 0 Å². The molecule has 184 valence electrons. The first-order chi connectivity index (χ1) is 17.6. The molecule has 0 radical (unpaired) electrons. The molecule has 1 aliphatic carbocycles. The summed E-state index contributed by atoms with van der Waals surface area (Å²) in [6, 6.07) is 22.1. The molecule has 2 aromatic heterocycles. The maximum absolute atomic E-state index is 14.0. The molecule has 6 rings (SSSR count). The second-order valence-electron chi connectivity index (χ2n) is 9.80. The lowest BCUT2D eigenvalue weighted by molar-refractivity contribution is 0.173. The zero-order valence-corrected chi connectivity index (χ0v) is 21.2. The summed E-state index contributed by atoms with van der Waals surface area (Å²) in [7, 11) is 0. The molecule has 3 heterocycles. The van der Waals surface area contributed by atoms with E-state index in [0.29, 0.717) is 11.6 Å². The SMILES string of the molecule is Cc1nn(-c2ccccc2)c2c1CN(C(=O)NC1CCCCC1)[C@H](c1ccc(Cl)cc1)c1cccn1-2. The summed E-state index contributed by atoms with van der Waals surface area (Å²) in [4.78, 5) is 15.9. The van der Waals surface area contributed by atoms with Gasteiger partial charge >= 0.3 is 6.03 Å². The summed E-state index contributed by atoms with van der Waals surface area (Å²) in [5.74, 6) is 0.977. The lowest BCUT2D eigenvalue weighted by Crippen LogP contribution is -2.46.